The van der Waals surface area contributed by atoms with E-state index in [1.54, 1.807) is 24.3 Å². The molecule has 1 N–H and O–H groups in total. The first-order chi connectivity index (χ1) is 12.5. The van der Waals surface area contributed by atoms with Crippen LogP contribution in [-0.4, -0.2) is 30.7 Å². The lowest BCUT2D eigenvalue weighted by molar-refractivity contribution is -0.125. The molecule has 0 spiro atoms. The van der Waals surface area contributed by atoms with Crippen LogP contribution in [0.15, 0.2) is 47.6 Å². The van der Waals surface area contributed by atoms with E-state index in [2.05, 4.69) is 10.5 Å². The van der Waals surface area contributed by atoms with Crippen molar-refractivity contribution in [1.29, 1.82) is 0 Å². The quantitative estimate of drug-likeness (QED) is 0.672. The van der Waals surface area contributed by atoms with Crippen LogP contribution >= 0.6 is 0 Å². The smallest absolute Gasteiger partial charge is 0.265 e. The Morgan fingerprint density at radius 3 is 2.62 bits per heavy atom. The van der Waals surface area contributed by atoms with Crippen molar-refractivity contribution in [1.82, 2.24) is 5.43 Å². The standard InChI is InChI=1S/C18H15F2N3O3/c1-11(18-12(19)5-4-6-13(18)20)21-22-16(24)9-23-14-7-2-3-8-15(14)26-10-17(23)25/h2-8H,9-10H2,1H3,(H,22,24)/b21-11-. The summed E-state index contributed by atoms with van der Waals surface area (Å²) >= 11 is 0. The number of para-hydroxylation sites is 2. The summed E-state index contributed by atoms with van der Waals surface area (Å²) in [7, 11) is 0. The summed E-state index contributed by atoms with van der Waals surface area (Å²) < 4.78 is 32.7. The molecule has 134 valence electrons. The Kier molecular flexibility index (Phi) is 4.92. The second kappa shape index (κ2) is 7.30. The van der Waals surface area contributed by atoms with Gasteiger partial charge in [0.25, 0.3) is 11.8 Å². The first kappa shape index (κ1) is 17.5. The number of rotatable bonds is 4. The number of ether oxygens (including phenoxy) is 1. The fraction of sp³-hybridized carbons (Fsp3) is 0.167. The number of carbonyl (C=O) groups excluding carboxylic acids is 2. The van der Waals surface area contributed by atoms with Crippen molar-refractivity contribution in [3.05, 3.63) is 59.7 Å². The number of nitrogens with zero attached hydrogens (tertiary/aromatic N) is 2. The molecule has 0 saturated heterocycles. The predicted molar refractivity (Wildman–Crippen MR) is 91.0 cm³/mol. The van der Waals surface area contributed by atoms with Gasteiger partial charge in [-0.2, -0.15) is 5.10 Å². The van der Waals surface area contributed by atoms with E-state index in [-0.39, 0.29) is 30.3 Å². The Labute approximate surface area is 148 Å². The van der Waals surface area contributed by atoms with E-state index in [0.29, 0.717) is 11.4 Å². The van der Waals surface area contributed by atoms with Gasteiger partial charge in [-0.25, -0.2) is 14.2 Å². The molecule has 0 aliphatic carbocycles. The summed E-state index contributed by atoms with van der Waals surface area (Å²) in [6.45, 7) is 0.903. The Morgan fingerprint density at radius 1 is 1.19 bits per heavy atom. The number of anilines is 1. The van der Waals surface area contributed by atoms with Gasteiger partial charge >= 0.3 is 0 Å². The molecule has 0 saturated carbocycles. The first-order valence-electron chi connectivity index (χ1n) is 7.77. The average molecular weight is 359 g/mol. The molecule has 2 aromatic rings. The van der Waals surface area contributed by atoms with Gasteiger partial charge in [0.05, 0.1) is 17.0 Å². The SMILES string of the molecule is C/C(=N/NC(=O)CN1C(=O)COc2ccccc21)c1c(F)cccc1F. The second-order valence-corrected chi connectivity index (χ2v) is 5.57. The number of hydrogen-bond acceptors (Lipinski definition) is 4. The summed E-state index contributed by atoms with van der Waals surface area (Å²) in [6.07, 6.45) is 0. The van der Waals surface area contributed by atoms with Gasteiger partial charge in [0.2, 0.25) is 0 Å². The van der Waals surface area contributed by atoms with Gasteiger partial charge < -0.3 is 4.74 Å². The van der Waals surface area contributed by atoms with E-state index in [4.69, 9.17) is 4.74 Å². The number of carbonyl (C=O) groups is 2. The van der Waals surface area contributed by atoms with Crippen molar-refractivity contribution in [3.63, 3.8) is 0 Å². The maximum atomic E-state index is 13.7. The van der Waals surface area contributed by atoms with E-state index >= 15 is 0 Å². The highest BCUT2D eigenvalue weighted by Crippen LogP contribution is 2.31. The molecule has 2 aromatic carbocycles. The van der Waals surface area contributed by atoms with Crippen molar-refractivity contribution < 1.29 is 23.1 Å². The fourth-order valence-corrected chi connectivity index (χ4v) is 2.55. The molecule has 2 amide bonds. The third-order valence-electron chi connectivity index (χ3n) is 3.78. The maximum absolute atomic E-state index is 13.7. The molecule has 8 heteroatoms. The van der Waals surface area contributed by atoms with Crippen LogP contribution in [0.4, 0.5) is 14.5 Å². The number of halogens is 2. The van der Waals surface area contributed by atoms with Crippen LogP contribution in [0, 0.1) is 11.6 Å². The lowest BCUT2D eigenvalue weighted by Gasteiger charge is -2.28. The Hall–Kier alpha value is -3.29. The minimum absolute atomic E-state index is 0.0253. The molecule has 1 aliphatic heterocycles. The number of amides is 2. The van der Waals surface area contributed by atoms with Gasteiger partial charge in [-0.1, -0.05) is 18.2 Å². The summed E-state index contributed by atoms with van der Waals surface area (Å²) in [5, 5.41) is 3.73. The zero-order valence-electron chi connectivity index (χ0n) is 13.8. The molecule has 6 nitrogen and oxygen atoms in total. The van der Waals surface area contributed by atoms with Crippen molar-refractivity contribution in [2.45, 2.75) is 6.92 Å². The van der Waals surface area contributed by atoms with Crippen LogP contribution < -0.4 is 15.1 Å². The molecule has 3 rings (SSSR count). The third-order valence-corrected chi connectivity index (χ3v) is 3.78. The zero-order chi connectivity index (χ0) is 18.7. The fourth-order valence-electron chi connectivity index (χ4n) is 2.55. The molecule has 0 radical (unpaired) electrons. The molecule has 1 aliphatic rings. The highest BCUT2D eigenvalue weighted by Gasteiger charge is 2.26. The van der Waals surface area contributed by atoms with E-state index < -0.39 is 17.5 Å². The van der Waals surface area contributed by atoms with Gasteiger partial charge in [0, 0.05) is 0 Å². The van der Waals surface area contributed by atoms with Crippen LogP contribution in [0.1, 0.15) is 12.5 Å². The third kappa shape index (κ3) is 3.53. The topological polar surface area (TPSA) is 71.0 Å². The van der Waals surface area contributed by atoms with E-state index in [1.807, 2.05) is 0 Å². The Balaban J connectivity index is 1.72. The summed E-state index contributed by atoms with van der Waals surface area (Å²) in [5.41, 5.74) is 2.34. The largest absolute Gasteiger partial charge is 0.482 e. The Morgan fingerprint density at radius 2 is 1.88 bits per heavy atom. The number of hydrazone groups is 1. The van der Waals surface area contributed by atoms with Crippen LogP contribution in [-0.2, 0) is 9.59 Å². The molecule has 0 bridgehead atoms. The highest BCUT2D eigenvalue weighted by atomic mass is 19.1. The molecule has 0 atom stereocenters. The normalized spacial score (nSPS) is 13.9. The zero-order valence-corrected chi connectivity index (χ0v) is 13.8. The van der Waals surface area contributed by atoms with E-state index in [9.17, 15) is 18.4 Å². The van der Waals surface area contributed by atoms with Gasteiger partial charge in [-0.15, -0.1) is 0 Å². The molecular formula is C18H15F2N3O3. The van der Waals surface area contributed by atoms with Gasteiger partial charge in [-0.3, -0.25) is 14.5 Å². The van der Waals surface area contributed by atoms with Crippen LogP contribution in [0.2, 0.25) is 0 Å². The number of fused-ring (bicyclic) bond motifs is 1. The number of benzene rings is 2. The van der Waals surface area contributed by atoms with Gasteiger partial charge in [0.1, 0.15) is 23.9 Å². The molecule has 0 unspecified atom stereocenters. The number of nitrogens with one attached hydrogen (secondary N) is 1. The minimum atomic E-state index is -0.780. The summed E-state index contributed by atoms with van der Waals surface area (Å²) in [4.78, 5) is 25.4. The van der Waals surface area contributed by atoms with Gasteiger partial charge in [-0.05, 0) is 31.2 Å². The lowest BCUT2D eigenvalue weighted by Crippen LogP contribution is -2.44. The van der Waals surface area contributed by atoms with Crippen LogP contribution in [0.3, 0.4) is 0 Å². The highest BCUT2D eigenvalue weighted by molar-refractivity contribution is 6.03. The maximum Gasteiger partial charge on any atom is 0.265 e. The first-order valence-corrected chi connectivity index (χ1v) is 7.77. The lowest BCUT2D eigenvalue weighted by atomic mass is 10.1. The molecule has 0 aromatic heterocycles. The molecular weight excluding hydrogens is 344 g/mol. The minimum Gasteiger partial charge on any atom is -0.482 e. The Bertz CT molecular complexity index is 879. The van der Waals surface area contributed by atoms with E-state index in [1.165, 1.54) is 17.9 Å². The van der Waals surface area contributed by atoms with Crippen molar-refractivity contribution in [3.8, 4) is 5.75 Å². The van der Waals surface area contributed by atoms with Crippen molar-refractivity contribution >= 4 is 23.2 Å². The number of hydrogen-bond donors (Lipinski definition) is 1. The average Bonchev–Trinajstić information content (AvgIpc) is 2.62. The van der Waals surface area contributed by atoms with Gasteiger partial charge in [0.15, 0.2) is 6.61 Å². The molecule has 1 heterocycles. The second-order valence-electron chi connectivity index (χ2n) is 5.57. The predicted octanol–water partition coefficient (Wildman–Crippen LogP) is 2.23. The van der Waals surface area contributed by atoms with Crippen LogP contribution in [0.25, 0.3) is 0 Å². The van der Waals surface area contributed by atoms with Crippen molar-refractivity contribution in [2.24, 2.45) is 5.10 Å². The van der Waals surface area contributed by atoms with Crippen LogP contribution in [0.5, 0.6) is 5.75 Å². The molecule has 0 fully saturated rings. The summed E-state index contributed by atoms with van der Waals surface area (Å²) in [6, 6.07) is 10.3. The summed E-state index contributed by atoms with van der Waals surface area (Å²) in [5.74, 6) is -2.05. The van der Waals surface area contributed by atoms with E-state index in [0.717, 1.165) is 12.1 Å². The monoisotopic (exact) mass is 359 g/mol. The molecule has 26 heavy (non-hydrogen) atoms. The van der Waals surface area contributed by atoms with Crippen molar-refractivity contribution in [2.75, 3.05) is 18.1 Å².